The zero-order chi connectivity index (χ0) is 18.7. The zero-order valence-electron chi connectivity index (χ0n) is 15.1. The number of aryl methyl sites for hydroxylation is 1. The van der Waals surface area contributed by atoms with Crippen molar-refractivity contribution in [1.82, 2.24) is 4.90 Å². The summed E-state index contributed by atoms with van der Waals surface area (Å²) in [6.07, 6.45) is -0.422. The normalized spacial score (nSPS) is 10.7. The first-order valence-electron chi connectivity index (χ1n) is 8.64. The van der Waals surface area contributed by atoms with Crippen LogP contribution >= 0.6 is 0 Å². The molecular weight excluding hydrogens is 330 g/mol. The van der Waals surface area contributed by atoms with Crippen LogP contribution < -0.4 is 10.4 Å². The minimum absolute atomic E-state index is 0.351. The fourth-order valence-corrected chi connectivity index (χ4v) is 2.99. The summed E-state index contributed by atoms with van der Waals surface area (Å²) >= 11 is 0. The zero-order valence-corrected chi connectivity index (χ0v) is 15.1. The standard InChI is InChI=1S/C21H21NO4/c1-4-22(5-2)21(24)25-16-11-12-17-14(3)19(15-9-7-6-8-10-15)20(23)26-18(17)13-16/h6-13H,4-5H2,1-3H3. The third-order valence-corrected chi connectivity index (χ3v) is 4.43. The summed E-state index contributed by atoms with van der Waals surface area (Å²) in [4.78, 5) is 26.2. The summed E-state index contributed by atoms with van der Waals surface area (Å²) < 4.78 is 10.9. The predicted molar refractivity (Wildman–Crippen MR) is 102 cm³/mol. The van der Waals surface area contributed by atoms with E-state index in [2.05, 4.69) is 0 Å². The Labute approximate surface area is 151 Å². The lowest BCUT2D eigenvalue weighted by molar-refractivity contribution is 0.157. The van der Waals surface area contributed by atoms with E-state index in [0.29, 0.717) is 30.0 Å². The van der Waals surface area contributed by atoms with Crippen molar-refractivity contribution in [1.29, 1.82) is 0 Å². The summed E-state index contributed by atoms with van der Waals surface area (Å²) in [5.74, 6) is 0.351. The summed E-state index contributed by atoms with van der Waals surface area (Å²) in [5, 5.41) is 0.811. The lowest BCUT2D eigenvalue weighted by atomic mass is 10.00. The van der Waals surface area contributed by atoms with E-state index in [4.69, 9.17) is 9.15 Å². The highest BCUT2D eigenvalue weighted by molar-refractivity contribution is 5.87. The number of hydrogen-bond acceptors (Lipinski definition) is 4. The van der Waals surface area contributed by atoms with Gasteiger partial charge in [-0.25, -0.2) is 9.59 Å². The SMILES string of the molecule is CCN(CC)C(=O)Oc1ccc2c(C)c(-c3ccccc3)c(=O)oc2c1. The van der Waals surface area contributed by atoms with E-state index in [0.717, 1.165) is 16.5 Å². The first-order chi connectivity index (χ1) is 12.5. The lowest BCUT2D eigenvalue weighted by Crippen LogP contribution is -2.33. The quantitative estimate of drug-likeness (QED) is 0.644. The van der Waals surface area contributed by atoms with Gasteiger partial charge >= 0.3 is 11.7 Å². The maximum absolute atomic E-state index is 12.5. The Morgan fingerprint density at radius 3 is 2.42 bits per heavy atom. The lowest BCUT2D eigenvalue weighted by Gasteiger charge is -2.18. The monoisotopic (exact) mass is 351 g/mol. The van der Waals surface area contributed by atoms with Gasteiger partial charge in [0.05, 0.1) is 5.56 Å². The maximum atomic E-state index is 12.5. The number of hydrogen-bond donors (Lipinski definition) is 0. The van der Waals surface area contributed by atoms with Crippen LogP contribution in [0.2, 0.25) is 0 Å². The second-order valence-corrected chi connectivity index (χ2v) is 5.95. The Morgan fingerprint density at radius 2 is 1.77 bits per heavy atom. The Hall–Kier alpha value is -3.08. The van der Waals surface area contributed by atoms with Crippen molar-refractivity contribution >= 4 is 17.1 Å². The Kier molecular flexibility index (Phi) is 5.07. The van der Waals surface area contributed by atoms with E-state index in [9.17, 15) is 9.59 Å². The van der Waals surface area contributed by atoms with Gasteiger partial charge in [0, 0.05) is 24.5 Å². The molecule has 0 radical (unpaired) electrons. The molecule has 26 heavy (non-hydrogen) atoms. The molecule has 0 aliphatic heterocycles. The van der Waals surface area contributed by atoms with Crippen LogP contribution in [0.4, 0.5) is 4.79 Å². The first-order valence-corrected chi connectivity index (χ1v) is 8.64. The van der Waals surface area contributed by atoms with Crippen LogP contribution in [0, 0.1) is 6.92 Å². The second kappa shape index (κ2) is 7.44. The molecule has 1 aromatic heterocycles. The van der Waals surface area contributed by atoms with E-state index in [1.54, 1.807) is 17.0 Å². The van der Waals surface area contributed by atoms with E-state index >= 15 is 0 Å². The van der Waals surface area contributed by atoms with Crippen molar-refractivity contribution in [3.63, 3.8) is 0 Å². The molecule has 0 aliphatic rings. The second-order valence-electron chi connectivity index (χ2n) is 5.95. The van der Waals surface area contributed by atoms with Gasteiger partial charge in [0.2, 0.25) is 0 Å². The molecule has 0 saturated carbocycles. The maximum Gasteiger partial charge on any atom is 0.415 e. The van der Waals surface area contributed by atoms with Gasteiger partial charge < -0.3 is 14.1 Å². The Morgan fingerprint density at radius 1 is 1.08 bits per heavy atom. The van der Waals surface area contributed by atoms with E-state index in [-0.39, 0.29) is 0 Å². The average Bonchev–Trinajstić information content (AvgIpc) is 2.63. The van der Waals surface area contributed by atoms with E-state index in [1.165, 1.54) is 0 Å². The topological polar surface area (TPSA) is 59.8 Å². The fraction of sp³-hybridized carbons (Fsp3) is 0.238. The molecule has 0 aliphatic carbocycles. The summed E-state index contributed by atoms with van der Waals surface area (Å²) in [6.45, 7) is 6.80. The molecule has 0 bridgehead atoms. The number of nitrogens with zero attached hydrogens (tertiary/aromatic N) is 1. The third-order valence-electron chi connectivity index (χ3n) is 4.43. The van der Waals surface area contributed by atoms with Crippen LogP contribution in [0.15, 0.2) is 57.7 Å². The van der Waals surface area contributed by atoms with Gasteiger partial charge in [-0.15, -0.1) is 0 Å². The van der Waals surface area contributed by atoms with Gasteiger partial charge in [0.15, 0.2) is 0 Å². The van der Waals surface area contributed by atoms with Crippen LogP contribution in [0.3, 0.4) is 0 Å². The van der Waals surface area contributed by atoms with Crippen molar-refractivity contribution < 1.29 is 13.9 Å². The Balaban J connectivity index is 2.02. The van der Waals surface area contributed by atoms with Gasteiger partial charge in [-0.3, -0.25) is 0 Å². The third kappa shape index (κ3) is 3.33. The van der Waals surface area contributed by atoms with Gasteiger partial charge in [-0.05, 0) is 44.0 Å². The van der Waals surface area contributed by atoms with Crippen molar-refractivity contribution in [2.75, 3.05) is 13.1 Å². The molecule has 0 N–H and O–H groups in total. The van der Waals surface area contributed by atoms with E-state index < -0.39 is 11.7 Å². The number of ether oxygens (including phenoxy) is 1. The highest BCUT2D eigenvalue weighted by atomic mass is 16.6. The molecule has 2 aromatic carbocycles. The summed E-state index contributed by atoms with van der Waals surface area (Å²) in [5.41, 5.74) is 2.19. The largest absolute Gasteiger partial charge is 0.422 e. The molecule has 0 unspecified atom stereocenters. The molecule has 3 aromatic rings. The number of amides is 1. The molecule has 3 rings (SSSR count). The molecule has 0 fully saturated rings. The number of rotatable bonds is 4. The molecule has 1 heterocycles. The van der Waals surface area contributed by atoms with Crippen molar-refractivity contribution in [3.8, 4) is 16.9 Å². The summed E-state index contributed by atoms with van der Waals surface area (Å²) in [6, 6.07) is 14.5. The number of benzene rings is 2. The molecule has 134 valence electrons. The van der Waals surface area contributed by atoms with Gasteiger partial charge in [0.25, 0.3) is 0 Å². The van der Waals surface area contributed by atoms with Crippen LogP contribution in [0.5, 0.6) is 5.75 Å². The molecule has 0 spiro atoms. The molecule has 0 saturated heterocycles. The molecule has 1 amide bonds. The van der Waals surface area contributed by atoms with Gasteiger partial charge in [-0.2, -0.15) is 0 Å². The van der Waals surface area contributed by atoms with Crippen molar-refractivity contribution in [2.45, 2.75) is 20.8 Å². The minimum Gasteiger partial charge on any atom is -0.422 e. The Bertz CT molecular complexity index is 988. The number of carbonyl (C=O) groups is 1. The first kappa shape index (κ1) is 17.7. The highest BCUT2D eigenvalue weighted by Crippen LogP contribution is 2.29. The number of carbonyl (C=O) groups excluding carboxylic acids is 1. The molecule has 0 atom stereocenters. The smallest absolute Gasteiger partial charge is 0.415 e. The average molecular weight is 351 g/mol. The van der Waals surface area contributed by atoms with Crippen LogP contribution in [0.25, 0.3) is 22.1 Å². The summed E-state index contributed by atoms with van der Waals surface area (Å²) in [7, 11) is 0. The highest BCUT2D eigenvalue weighted by Gasteiger charge is 2.16. The molecular formula is C21H21NO4. The van der Waals surface area contributed by atoms with Crippen LogP contribution in [0.1, 0.15) is 19.4 Å². The predicted octanol–water partition coefficient (Wildman–Crippen LogP) is 4.61. The van der Waals surface area contributed by atoms with Gasteiger partial charge in [0.1, 0.15) is 11.3 Å². The van der Waals surface area contributed by atoms with Crippen LogP contribution in [-0.2, 0) is 0 Å². The van der Waals surface area contributed by atoms with Crippen LogP contribution in [-0.4, -0.2) is 24.1 Å². The van der Waals surface area contributed by atoms with Crippen molar-refractivity contribution in [2.24, 2.45) is 0 Å². The molecule has 5 nitrogen and oxygen atoms in total. The van der Waals surface area contributed by atoms with E-state index in [1.807, 2.05) is 57.2 Å². The molecule has 5 heteroatoms. The van der Waals surface area contributed by atoms with Crippen molar-refractivity contribution in [3.05, 3.63) is 64.5 Å². The fourth-order valence-electron chi connectivity index (χ4n) is 2.99. The minimum atomic E-state index is -0.422. The van der Waals surface area contributed by atoms with Gasteiger partial charge in [-0.1, -0.05) is 30.3 Å². The number of fused-ring (bicyclic) bond motifs is 1.